The van der Waals surface area contributed by atoms with E-state index in [2.05, 4.69) is 15.5 Å². The van der Waals surface area contributed by atoms with Crippen molar-refractivity contribution in [2.75, 3.05) is 31.1 Å². The van der Waals surface area contributed by atoms with Gasteiger partial charge in [0.2, 0.25) is 0 Å². The van der Waals surface area contributed by atoms with Gasteiger partial charge in [0.15, 0.2) is 0 Å². The number of nitrogens with one attached hydrogen (secondary N) is 2. The molecule has 2 heterocycles. The van der Waals surface area contributed by atoms with Crippen LogP contribution < -0.4 is 15.5 Å². The number of carbonyl (C=O) groups is 2. The van der Waals surface area contributed by atoms with Gasteiger partial charge in [-0.15, -0.1) is 0 Å². The van der Waals surface area contributed by atoms with Crippen LogP contribution in [-0.4, -0.2) is 55.1 Å². The summed E-state index contributed by atoms with van der Waals surface area (Å²) in [5.41, 5.74) is 1.52. The van der Waals surface area contributed by atoms with Crippen LogP contribution in [0.4, 0.5) is 14.9 Å². The van der Waals surface area contributed by atoms with E-state index in [1.165, 1.54) is 6.07 Å². The van der Waals surface area contributed by atoms with Crippen LogP contribution >= 0.6 is 0 Å². The number of rotatable bonds is 5. The Bertz CT molecular complexity index is 915. The summed E-state index contributed by atoms with van der Waals surface area (Å²) in [6.07, 6.45) is 4.58. The fourth-order valence-corrected chi connectivity index (χ4v) is 4.59. The van der Waals surface area contributed by atoms with Gasteiger partial charge in [-0.05, 0) is 62.4 Å². The van der Waals surface area contributed by atoms with Crippen LogP contribution in [0.5, 0.6) is 0 Å². The molecule has 0 aromatic heterocycles. The first kappa shape index (κ1) is 22.1. The van der Waals surface area contributed by atoms with Gasteiger partial charge in [-0.1, -0.05) is 24.3 Å². The molecule has 2 aromatic carbocycles. The van der Waals surface area contributed by atoms with E-state index in [-0.39, 0.29) is 29.8 Å². The molecule has 0 radical (unpaired) electrons. The molecule has 2 fully saturated rings. The number of likely N-dealkylation sites (tertiary alicyclic amines) is 1. The quantitative estimate of drug-likeness (QED) is 0.747. The number of nitrogens with zero attached hydrogens (tertiary/aromatic N) is 2. The molecular weight excluding hydrogens is 407 g/mol. The number of hydrogen-bond donors (Lipinski definition) is 2. The van der Waals surface area contributed by atoms with Gasteiger partial charge in [-0.3, -0.25) is 4.79 Å². The molecule has 170 valence electrons. The smallest absolute Gasteiger partial charge is 0.317 e. The Kier molecular flexibility index (Phi) is 7.24. The predicted molar refractivity (Wildman–Crippen MR) is 123 cm³/mol. The monoisotopic (exact) mass is 438 g/mol. The number of amides is 3. The van der Waals surface area contributed by atoms with Crippen molar-refractivity contribution in [2.24, 2.45) is 0 Å². The summed E-state index contributed by atoms with van der Waals surface area (Å²) in [7, 11) is 0. The van der Waals surface area contributed by atoms with Crippen molar-refractivity contribution < 1.29 is 14.0 Å². The zero-order valence-corrected chi connectivity index (χ0v) is 18.3. The minimum Gasteiger partial charge on any atom is -0.371 e. The molecule has 0 spiro atoms. The number of urea groups is 1. The van der Waals surface area contributed by atoms with E-state index >= 15 is 0 Å². The number of carbonyl (C=O) groups excluding carboxylic acids is 2. The SMILES string of the molecule is O=C(NCC1CCCCN1C(=O)NC1CCN(c2cccc(F)c2)CC1)c1ccccc1. The third-order valence-corrected chi connectivity index (χ3v) is 6.42. The Morgan fingerprint density at radius 3 is 2.47 bits per heavy atom. The number of halogens is 1. The van der Waals surface area contributed by atoms with Crippen molar-refractivity contribution in [3.8, 4) is 0 Å². The molecule has 3 amide bonds. The Morgan fingerprint density at radius 1 is 0.938 bits per heavy atom. The van der Waals surface area contributed by atoms with Gasteiger partial charge >= 0.3 is 6.03 Å². The Morgan fingerprint density at radius 2 is 1.72 bits per heavy atom. The van der Waals surface area contributed by atoms with Gasteiger partial charge in [-0.25, -0.2) is 9.18 Å². The van der Waals surface area contributed by atoms with Crippen LogP contribution in [-0.2, 0) is 0 Å². The summed E-state index contributed by atoms with van der Waals surface area (Å²) in [4.78, 5) is 29.5. The lowest BCUT2D eigenvalue weighted by Crippen LogP contribution is -2.55. The molecule has 32 heavy (non-hydrogen) atoms. The summed E-state index contributed by atoms with van der Waals surface area (Å²) in [5, 5.41) is 6.18. The van der Waals surface area contributed by atoms with Crippen LogP contribution in [0.2, 0.25) is 0 Å². The summed E-state index contributed by atoms with van der Waals surface area (Å²) in [6.45, 7) is 2.73. The second-order valence-electron chi connectivity index (χ2n) is 8.61. The molecule has 2 saturated heterocycles. The lowest BCUT2D eigenvalue weighted by molar-refractivity contribution is 0.0924. The summed E-state index contributed by atoms with van der Waals surface area (Å²) >= 11 is 0. The standard InChI is InChI=1S/C25H31FN4O2/c26-20-9-6-11-22(17-20)29-15-12-21(13-16-29)28-25(32)30-14-5-4-10-23(30)18-27-24(31)19-7-2-1-3-8-19/h1-3,6-9,11,17,21,23H,4-5,10,12-16,18H2,(H,27,31)(H,28,32). The Hall–Kier alpha value is -3.09. The topological polar surface area (TPSA) is 64.7 Å². The highest BCUT2D eigenvalue weighted by Gasteiger charge is 2.29. The predicted octanol–water partition coefficient (Wildman–Crippen LogP) is 3.79. The zero-order valence-electron chi connectivity index (χ0n) is 18.3. The molecule has 0 bridgehead atoms. The molecule has 0 saturated carbocycles. The van der Waals surface area contributed by atoms with Crippen LogP contribution in [0.3, 0.4) is 0 Å². The van der Waals surface area contributed by atoms with E-state index in [9.17, 15) is 14.0 Å². The van der Waals surface area contributed by atoms with Crippen molar-refractivity contribution in [1.82, 2.24) is 15.5 Å². The van der Waals surface area contributed by atoms with Gasteiger partial charge in [0, 0.05) is 43.5 Å². The molecule has 2 aliphatic rings. The lowest BCUT2D eigenvalue weighted by atomic mass is 10.0. The summed E-state index contributed by atoms with van der Waals surface area (Å²) < 4.78 is 13.5. The first-order valence-corrected chi connectivity index (χ1v) is 11.5. The van der Waals surface area contributed by atoms with E-state index in [4.69, 9.17) is 0 Å². The molecule has 1 unspecified atom stereocenters. The fourth-order valence-electron chi connectivity index (χ4n) is 4.59. The summed E-state index contributed by atoms with van der Waals surface area (Å²) in [6, 6.07) is 15.9. The van der Waals surface area contributed by atoms with Crippen LogP contribution in [0.1, 0.15) is 42.5 Å². The van der Waals surface area contributed by atoms with Crippen molar-refractivity contribution in [2.45, 2.75) is 44.2 Å². The maximum absolute atomic E-state index is 13.5. The van der Waals surface area contributed by atoms with Gasteiger partial charge in [-0.2, -0.15) is 0 Å². The second kappa shape index (κ2) is 10.5. The third-order valence-electron chi connectivity index (χ3n) is 6.42. The normalized spacial score (nSPS) is 19.5. The average Bonchev–Trinajstić information content (AvgIpc) is 2.83. The first-order valence-electron chi connectivity index (χ1n) is 11.5. The first-order chi connectivity index (χ1) is 15.6. The molecule has 1 atom stereocenters. The number of anilines is 1. The largest absolute Gasteiger partial charge is 0.371 e. The maximum atomic E-state index is 13.5. The molecule has 0 aliphatic carbocycles. The molecule has 4 rings (SSSR count). The average molecular weight is 439 g/mol. The van der Waals surface area contributed by atoms with Gasteiger partial charge in [0.05, 0.1) is 6.04 Å². The van der Waals surface area contributed by atoms with Gasteiger partial charge in [0.25, 0.3) is 5.91 Å². The lowest BCUT2D eigenvalue weighted by Gasteiger charge is -2.39. The van der Waals surface area contributed by atoms with Crippen molar-refractivity contribution in [3.63, 3.8) is 0 Å². The minimum atomic E-state index is -0.228. The molecule has 2 N–H and O–H groups in total. The third kappa shape index (κ3) is 5.58. The molecule has 7 heteroatoms. The fraction of sp³-hybridized carbons (Fsp3) is 0.440. The van der Waals surface area contributed by atoms with Crippen LogP contribution in [0.25, 0.3) is 0 Å². The molecule has 2 aliphatic heterocycles. The molecule has 2 aromatic rings. The Balaban J connectivity index is 1.27. The number of hydrogen-bond acceptors (Lipinski definition) is 3. The van der Waals surface area contributed by atoms with E-state index < -0.39 is 0 Å². The van der Waals surface area contributed by atoms with E-state index in [0.29, 0.717) is 18.7 Å². The Labute approximate surface area is 188 Å². The highest BCUT2D eigenvalue weighted by molar-refractivity contribution is 5.94. The minimum absolute atomic E-state index is 0.00351. The van der Waals surface area contributed by atoms with Crippen molar-refractivity contribution >= 4 is 17.6 Å². The highest BCUT2D eigenvalue weighted by atomic mass is 19.1. The summed E-state index contributed by atoms with van der Waals surface area (Å²) in [5.74, 6) is -0.338. The van der Waals surface area contributed by atoms with E-state index in [1.807, 2.05) is 29.2 Å². The van der Waals surface area contributed by atoms with Crippen LogP contribution in [0.15, 0.2) is 54.6 Å². The molecular formula is C25H31FN4O2. The maximum Gasteiger partial charge on any atom is 0.317 e. The van der Waals surface area contributed by atoms with Gasteiger partial charge < -0.3 is 20.4 Å². The second-order valence-corrected chi connectivity index (χ2v) is 8.61. The molecule has 6 nitrogen and oxygen atoms in total. The van der Waals surface area contributed by atoms with Crippen LogP contribution in [0, 0.1) is 5.82 Å². The van der Waals surface area contributed by atoms with Gasteiger partial charge in [0.1, 0.15) is 5.82 Å². The van der Waals surface area contributed by atoms with E-state index in [0.717, 1.165) is 50.9 Å². The number of piperidine rings is 2. The highest BCUT2D eigenvalue weighted by Crippen LogP contribution is 2.22. The van der Waals surface area contributed by atoms with Crippen molar-refractivity contribution in [1.29, 1.82) is 0 Å². The zero-order chi connectivity index (χ0) is 22.3. The number of benzene rings is 2. The van der Waals surface area contributed by atoms with Crippen molar-refractivity contribution in [3.05, 3.63) is 66.0 Å². The van der Waals surface area contributed by atoms with E-state index in [1.54, 1.807) is 24.3 Å².